The van der Waals surface area contributed by atoms with Gasteiger partial charge in [-0.1, -0.05) is 23.4 Å². The lowest BCUT2D eigenvalue weighted by atomic mass is 10.2. The topological polar surface area (TPSA) is 63.1 Å². The van der Waals surface area contributed by atoms with Gasteiger partial charge in [0, 0.05) is 25.7 Å². The summed E-state index contributed by atoms with van der Waals surface area (Å²) in [5.41, 5.74) is -1.62. The number of nitrogens with one attached hydrogen (secondary N) is 1. The Morgan fingerprint density at radius 3 is 2.62 bits per heavy atom. The van der Waals surface area contributed by atoms with Gasteiger partial charge in [-0.15, -0.1) is 5.10 Å². The number of carbonyl (C=O) groups excluding carboxylic acids is 1. The molecule has 1 aromatic heterocycles. The molecule has 1 saturated heterocycles. The van der Waals surface area contributed by atoms with Crippen LogP contribution in [0.15, 0.2) is 30.3 Å². The van der Waals surface area contributed by atoms with E-state index >= 15 is 0 Å². The van der Waals surface area contributed by atoms with E-state index in [-0.39, 0.29) is 11.7 Å². The standard InChI is InChI=1S/C15H16F3N5O/c1-10-9-22(8-7-19-10)14(24)12-13(15(16,17)18)23(21-20-12)11-5-3-2-4-6-11/h2-6,10,19H,7-9H2,1H3/t10-/m1/s1. The molecule has 9 heteroatoms. The molecule has 24 heavy (non-hydrogen) atoms. The first-order chi connectivity index (χ1) is 11.4. The summed E-state index contributed by atoms with van der Waals surface area (Å²) in [6, 6.07) is 7.84. The van der Waals surface area contributed by atoms with Gasteiger partial charge in [-0.2, -0.15) is 13.2 Å². The molecule has 0 unspecified atom stereocenters. The normalized spacial score (nSPS) is 18.7. The zero-order valence-corrected chi connectivity index (χ0v) is 12.9. The van der Waals surface area contributed by atoms with E-state index in [0.29, 0.717) is 24.3 Å². The number of nitrogens with zero attached hydrogens (tertiary/aromatic N) is 4. The number of piperazine rings is 1. The van der Waals surface area contributed by atoms with Gasteiger partial charge in [0.25, 0.3) is 5.91 Å². The highest BCUT2D eigenvalue weighted by Gasteiger charge is 2.43. The minimum absolute atomic E-state index is 0.0150. The van der Waals surface area contributed by atoms with Crippen molar-refractivity contribution in [1.29, 1.82) is 0 Å². The van der Waals surface area contributed by atoms with E-state index in [0.717, 1.165) is 0 Å². The highest BCUT2D eigenvalue weighted by molar-refractivity contribution is 5.93. The molecule has 1 aliphatic heterocycles. The van der Waals surface area contributed by atoms with Crippen LogP contribution in [-0.4, -0.2) is 51.5 Å². The van der Waals surface area contributed by atoms with Crippen LogP contribution in [0.3, 0.4) is 0 Å². The van der Waals surface area contributed by atoms with Gasteiger partial charge in [0.2, 0.25) is 0 Å². The van der Waals surface area contributed by atoms with Gasteiger partial charge in [0.1, 0.15) is 0 Å². The zero-order valence-electron chi connectivity index (χ0n) is 12.9. The lowest BCUT2D eigenvalue weighted by molar-refractivity contribution is -0.143. The second-order valence-corrected chi connectivity index (χ2v) is 5.64. The summed E-state index contributed by atoms with van der Waals surface area (Å²) in [5, 5.41) is 10.2. The number of para-hydroxylation sites is 1. The van der Waals surface area contributed by atoms with Crippen LogP contribution < -0.4 is 5.32 Å². The summed E-state index contributed by atoms with van der Waals surface area (Å²) in [5.74, 6) is -0.752. The van der Waals surface area contributed by atoms with Crippen LogP contribution in [-0.2, 0) is 6.18 Å². The second kappa shape index (κ2) is 6.23. The molecule has 1 amide bonds. The monoisotopic (exact) mass is 339 g/mol. The minimum atomic E-state index is -4.75. The quantitative estimate of drug-likeness (QED) is 0.905. The average molecular weight is 339 g/mol. The summed E-state index contributed by atoms with van der Waals surface area (Å²) < 4.78 is 41.3. The highest BCUT2D eigenvalue weighted by Crippen LogP contribution is 2.33. The first kappa shape index (κ1) is 16.4. The van der Waals surface area contributed by atoms with Crippen LogP contribution >= 0.6 is 0 Å². The summed E-state index contributed by atoms with van der Waals surface area (Å²) in [4.78, 5) is 13.9. The van der Waals surface area contributed by atoms with E-state index in [1.165, 1.54) is 17.0 Å². The number of benzene rings is 1. The zero-order chi connectivity index (χ0) is 17.3. The number of aromatic nitrogens is 3. The summed E-state index contributed by atoms with van der Waals surface area (Å²) in [7, 11) is 0. The Bertz CT molecular complexity index is 728. The lowest BCUT2D eigenvalue weighted by Gasteiger charge is -2.31. The van der Waals surface area contributed by atoms with E-state index in [4.69, 9.17) is 0 Å². The van der Waals surface area contributed by atoms with Gasteiger partial charge in [0.05, 0.1) is 5.69 Å². The number of carbonyl (C=O) groups is 1. The molecule has 1 atom stereocenters. The van der Waals surface area contributed by atoms with Crippen LogP contribution in [0, 0.1) is 0 Å². The predicted molar refractivity (Wildman–Crippen MR) is 79.7 cm³/mol. The Morgan fingerprint density at radius 1 is 1.29 bits per heavy atom. The molecule has 1 fully saturated rings. The fourth-order valence-electron chi connectivity index (χ4n) is 2.70. The summed E-state index contributed by atoms with van der Waals surface area (Å²) >= 11 is 0. The number of hydrogen-bond donors (Lipinski definition) is 1. The molecule has 2 aromatic rings. The van der Waals surface area contributed by atoms with Crippen molar-refractivity contribution in [1.82, 2.24) is 25.2 Å². The molecule has 6 nitrogen and oxygen atoms in total. The van der Waals surface area contributed by atoms with Crippen molar-refractivity contribution in [2.24, 2.45) is 0 Å². The molecule has 2 heterocycles. The highest BCUT2D eigenvalue weighted by atomic mass is 19.4. The van der Waals surface area contributed by atoms with Crippen molar-refractivity contribution in [2.45, 2.75) is 19.1 Å². The van der Waals surface area contributed by atoms with Crippen LogP contribution in [0.5, 0.6) is 0 Å². The third-order valence-corrected chi connectivity index (χ3v) is 3.80. The Morgan fingerprint density at radius 2 is 2.00 bits per heavy atom. The second-order valence-electron chi connectivity index (χ2n) is 5.64. The number of amides is 1. The molecule has 3 rings (SSSR count). The maximum atomic E-state index is 13.5. The molecular formula is C15H16F3N5O. The number of hydrogen-bond acceptors (Lipinski definition) is 4. The predicted octanol–water partition coefficient (Wildman–Crippen LogP) is 1.72. The van der Waals surface area contributed by atoms with Gasteiger partial charge in [-0.25, -0.2) is 4.68 Å². The molecule has 0 aliphatic carbocycles. The van der Waals surface area contributed by atoms with Gasteiger partial charge >= 0.3 is 6.18 Å². The molecule has 0 bridgehead atoms. The summed E-state index contributed by atoms with van der Waals surface area (Å²) in [6.45, 7) is 3.05. The van der Waals surface area contributed by atoms with Gasteiger partial charge in [-0.3, -0.25) is 4.79 Å². The molecule has 0 radical (unpaired) electrons. The molecule has 1 aliphatic rings. The maximum Gasteiger partial charge on any atom is 0.435 e. The van der Waals surface area contributed by atoms with Crippen molar-refractivity contribution in [2.75, 3.05) is 19.6 Å². The van der Waals surface area contributed by atoms with Crippen molar-refractivity contribution >= 4 is 5.91 Å². The van der Waals surface area contributed by atoms with E-state index < -0.39 is 23.5 Å². The Kier molecular flexibility index (Phi) is 4.27. The van der Waals surface area contributed by atoms with E-state index in [9.17, 15) is 18.0 Å². The fraction of sp³-hybridized carbons (Fsp3) is 0.400. The van der Waals surface area contributed by atoms with Gasteiger partial charge in [-0.05, 0) is 19.1 Å². The Hall–Kier alpha value is -2.42. The van der Waals surface area contributed by atoms with Gasteiger partial charge < -0.3 is 10.2 Å². The number of halogens is 3. The smallest absolute Gasteiger partial charge is 0.334 e. The molecule has 1 aromatic carbocycles. The molecule has 0 saturated carbocycles. The van der Waals surface area contributed by atoms with Crippen LogP contribution in [0.2, 0.25) is 0 Å². The summed E-state index contributed by atoms with van der Waals surface area (Å²) in [6.07, 6.45) is -4.75. The van der Waals surface area contributed by atoms with Crippen molar-refractivity contribution in [3.63, 3.8) is 0 Å². The minimum Gasteiger partial charge on any atom is -0.334 e. The third kappa shape index (κ3) is 3.12. The third-order valence-electron chi connectivity index (χ3n) is 3.80. The van der Waals surface area contributed by atoms with Crippen molar-refractivity contribution in [3.05, 3.63) is 41.7 Å². The Labute approximate surface area is 136 Å². The van der Waals surface area contributed by atoms with Gasteiger partial charge in [0.15, 0.2) is 11.4 Å². The van der Waals surface area contributed by atoms with E-state index in [1.807, 2.05) is 6.92 Å². The lowest BCUT2D eigenvalue weighted by Crippen LogP contribution is -2.51. The largest absolute Gasteiger partial charge is 0.435 e. The van der Waals surface area contributed by atoms with Crippen LogP contribution in [0.25, 0.3) is 5.69 Å². The first-order valence-corrected chi connectivity index (χ1v) is 7.49. The molecule has 128 valence electrons. The van der Waals surface area contributed by atoms with E-state index in [1.54, 1.807) is 18.2 Å². The number of alkyl halides is 3. The maximum absolute atomic E-state index is 13.5. The van der Waals surface area contributed by atoms with Crippen molar-refractivity contribution < 1.29 is 18.0 Å². The van der Waals surface area contributed by atoms with Crippen molar-refractivity contribution in [3.8, 4) is 5.69 Å². The first-order valence-electron chi connectivity index (χ1n) is 7.49. The molecule has 0 spiro atoms. The molecule has 1 N–H and O–H groups in total. The average Bonchev–Trinajstić information content (AvgIpc) is 3.00. The SMILES string of the molecule is C[C@@H]1CN(C(=O)c2nnn(-c3ccccc3)c2C(F)(F)F)CCN1. The Balaban J connectivity index is 2.02. The van der Waals surface area contributed by atoms with Crippen LogP contribution in [0.1, 0.15) is 23.1 Å². The fourth-order valence-corrected chi connectivity index (χ4v) is 2.70. The van der Waals surface area contributed by atoms with E-state index in [2.05, 4.69) is 15.6 Å². The van der Waals surface area contributed by atoms with Crippen LogP contribution in [0.4, 0.5) is 13.2 Å². The molecular weight excluding hydrogens is 323 g/mol. The number of rotatable bonds is 2.